The van der Waals surface area contributed by atoms with Gasteiger partial charge in [-0.1, -0.05) is 18.2 Å². The van der Waals surface area contributed by atoms with Crippen LogP contribution in [0.2, 0.25) is 0 Å². The summed E-state index contributed by atoms with van der Waals surface area (Å²) >= 11 is 0. The molecule has 2 aliphatic rings. The molecule has 0 saturated carbocycles. The Balaban J connectivity index is 1.14. The van der Waals surface area contributed by atoms with Gasteiger partial charge in [-0.3, -0.25) is 0 Å². The minimum Gasteiger partial charge on any atom is -0.491 e. The summed E-state index contributed by atoms with van der Waals surface area (Å²) in [7, 11) is 1.72. The average molecular weight is 599 g/mol. The Morgan fingerprint density at radius 1 is 0.977 bits per heavy atom. The molecule has 232 valence electrons. The lowest BCUT2D eigenvalue weighted by Crippen LogP contribution is -2.49. The predicted octanol–water partition coefficient (Wildman–Crippen LogP) is 4.43. The van der Waals surface area contributed by atoms with Gasteiger partial charge in [-0.2, -0.15) is 0 Å². The van der Waals surface area contributed by atoms with Crippen molar-refractivity contribution in [1.29, 1.82) is 0 Å². The predicted molar refractivity (Wildman–Crippen MR) is 159 cm³/mol. The highest BCUT2D eigenvalue weighted by Crippen LogP contribution is 2.34. The van der Waals surface area contributed by atoms with Crippen LogP contribution in [0.1, 0.15) is 29.0 Å². The maximum absolute atomic E-state index is 13.7. The van der Waals surface area contributed by atoms with Crippen LogP contribution in [0.3, 0.4) is 0 Å². The topological polar surface area (TPSA) is 81.7 Å². The van der Waals surface area contributed by atoms with Crippen LogP contribution in [-0.4, -0.2) is 77.0 Å². The van der Waals surface area contributed by atoms with Gasteiger partial charge in [0.05, 0.1) is 44.3 Å². The van der Waals surface area contributed by atoms with Crippen LogP contribution in [0.5, 0.6) is 11.5 Å². The first kappa shape index (κ1) is 31.2. The summed E-state index contributed by atoms with van der Waals surface area (Å²) in [6.45, 7) is 5.09. The number of fused-ring (bicyclic) bond motifs is 1. The van der Waals surface area contributed by atoms with E-state index in [0.717, 1.165) is 66.9 Å². The molecular weight excluding hydrogens is 558 g/mol. The number of hydrogen-bond donors (Lipinski definition) is 2. The van der Waals surface area contributed by atoms with Gasteiger partial charge in [0.15, 0.2) is 0 Å². The number of hydrogen-bond acceptors (Lipinski definition) is 8. The molecule has 0 unspecified atom stereocenters. The zero-order valence-electron chi connectivity index (χ0n) is 24.5. The van der Waals surface area contributed by atoms with E-state index in [2.05, 4.69) is 16.3 Å². The largest absolute Gasteiger partial charge is 0.491 e. The Hall–Kier alpha value is -3.28. The molecule has 0 aliphatic carbocycles. The third-order valence-corrected chi connectivity index (χ3v) is 7.76. The molecule has 3 aromatic carbocycles. The second-order valence-corrected chi connectivity index (χ2v) is 10.8. The van der Waals surface area contributed by atoms with Crippen molar-refractivity contribution in [3.63, 3.8) is 0 Å². The Morgan fingerprint density at radius 2 is 1.84 bits per heavy atom. The molecule has 3 aromatic rings. The molecule has 43 heavy (non-hydrogen) atoms. The molecule has 2 N–H and O–H groups in total. The van der Waals surface area contributed by atoms with E-state index in [-0.39, 0.29) is 37.4 Å². The van der Waals surface area contributed by atoms with Crippen molar-refractivity contribution in [3.8, 4) is 11.5 Å². The quantitative estimate of drug-likeness (QED) is 0.264. The number of β-amino-alcohol motifs (C(OH)–C–C–N with tert-alkyl or cyclic N) is 1. The van der Waals surface area contributed by atoms with E-state index >= 15 is 0 Å². The summed E-state index contributed by atoms with van der Waals surface area (Å²) in [6.07, 6.45) is 0.118. The van der Waals surface area contributed by atoms with E-state index in [1.54, 1.807) is 7.11 Å². The Labute approximate surface area is 251 Å². The lowest BCUT2D eigenvalue weighted by Gasteiger charge is -2.36. The van der Waals surface area contributed by atoms with E-state index in [1.807, 2.05) is 36.4 Å². The third kappa shape index (κ3) is 8.43. The summed E-state index contributed by atoms with van der Waals surface area (Å²) in [6, 6.07) is 17.1. The van der Waals surface area contributed by atoms with Crippen LogP contribution in [-0.2, 0) is 27.4 Å². The number of ether oxygens (including phenoxy) is 5. The van der Waals surface area contributed by atoms with Crippen LogP contribution < -0.4 is 19.7 Å². The SMILES string of the molecule is COCCCN1CCOc2ccc(CO[C@H]3CNC[C@@H](O)[C@@H]3c3ccc(OCCOCc4cc(F)ccc4F)cc3)cc21. The molecule has 10 heteroatoms. The second-order valence-electron chi connectivity index (χ2n) is 10.8. The molecule has 3 atom stereocenters. The van der Waals surface area contributed by atoms with Crippen LogP contribution >= 0.6 is 0 Å². The summed E-state index contributed by atoms with van der Waals surface area (Å²) in [5, 5.41) is 14.2. The summed E-state index contributed by atoms with van der Waals surface area (Å²) in [5.41, 5.74) is 3.25. The maximum atomic E-state index is 13.7. The van der Waals surface area contributed by atoms with Crippen LogP contribution in [0, 0.1) is 11.6 Å². The third-order valence-electron chi connectivity index (χ3n) is 7.76. The lowest BCUT2D eigenvalue weighted by molar-refractivity contribution is -0.0328. The fraction of sp³-hybridized carbons (Fsp3) is 0.455. The van der Waals surface area contributed by atoms with Gasteiger partial charge < -0.3 is 39.0 Å². The Bertz CT molecular complexity index is 1310. The number of nitrogens with zero attached hydrogens (tertiary/aromatic N) is 1. The number of aliphatic hydroxyl groups excluding tert-OH is 1. The Morgan fingerprint density at radius 3 is 2.67 bits per heavy atom. The van der Waals surface area contributed by atoms with Crippen molar-refractivity contribution >= 4 is 5.69 Å². The molecule has 2 heterocycles. The van der Waals surface area contributed by atoms with Gasteiger partial charge in [0.2, 0.25) is 0 Å². The van der Waals surface area contributed by atoms with E-state index in [1.165, 1.54) is 0 Å². The first-order valence-corrected chi connectivity index (χ1v) is 14.8. The summed E-state index contributed by atoms with van der Waals surface area (Å²) < 4.78 is 55.7. The van der Waals surface area contributed by atoms with E-state index in [0.29, 0.717) is 32.1 Å². The molecule has 0 aromatic heterocycles. The van der Waals surface area contributed by atoms with Gasteiger partial charge in [-0.15, -0.1) is 0 Å². The number of benzene rings is 3. The van der Waals surface area contributed by atoms with Crippen molar-refractivity contribution in [3.05, 3.63) is 89.0 Å². The van der Waals surface area contributed by atoms with E-state index in [9.17, 15) is 13.9 Å². The number of piperidine rings is 1. The number of rotatable bonds is 14. The van der Waals surface area contributed by atoms with Gasteiger partial charge in [0.1, 0.15) is 36.3 Å². The van der Waals surface area contributed by atoms with Gasteiger partial charge in [-0.05, 0) is 60.0 Å². The second kappa shape index (κ2) is 15.4. The van der Waals surface area contributed by atoms with Crippen molar-refractivity contribution < 1.29 is 37.6 Å². The lowest BCUT2D eigenvalue weighted by atomic mass is 9.85. The average Bonchev–Trinajstić information content (AvgIpc) is 3.02. The highest BCUT2D eigenvalue weighted by Gasteiger charge is 2.34. The first-order valence-electron chi connectivity index (χ1n) is 14.8. The van der Waals surface area contributed by atoms with Crippen LogP contribution in [0.25, 0.3) is 0 Å². The zero-order valence-corrected chi connectivity index (χ0v) is 24.5. The molecule has 0 amide bonds. The molecule has 0 radical (unpaired) electrons. The minimum absolute atomic E-state index is 0.0350. The summed E-state index contributed by atoms with van der Waals surface area (Å²) in [5.74, 6) is 0.326. The van der Waals surface area contributed by atoms with Crippen molar-refractivity contribution in [2.45, 2.75) is 37.8 Å². The highest BCUT2D eigenvalue weighted by atomic mass is 19.1. The first-order chi connectivity index (χ1) is 21.0. The molecule has 0 bridgehead atoms. The normalized spacial score (nSPS) is 20.0. The number of nitrogens with one attached hydrogen (secondary N) is 1. The number of anilines is 1. The minimum atomic E-state index is -0.602. The standard InChI is InChI=1S/C33H40F2N2O6/c1-39-13-2-11-37-12-14-42-31-10-3-23(17-29(31)37)21-43-32-20-36-19-30(38)33(32)24-4-7-27(8-5-24)41-16-15-40-22-25-18-26(34)6-9-28(25)35/h3-10,17-18,30,32-33,36,38H,2,11-16,19-22H2,1H3/t30-,32+,33+/m1/s1. The van der Waals surface area contributed by atoms with Crippen LogP contribution in [0.4, 0.5) is 14.5 Å². The van der Waals surface area contributed by atoms with Crippen molar-refractivity contribution in [1.82, 2.24) is 5.32 Å². The molecule has 5 rings (SSSR count). The van der Waals surface area contributed by atoms with Crippen LogP contribution in [0.15, 0.2) is 60.7 Å². The molecule has 0 spiro atoms. The van der Waals surface area contributed by atoms with E-state index < -0.39 is 17.7 Å². The summed E-state index contributed by atoms with van der Waals surface area (Å²) in [4.78, 5) is 2.33. The molecule has 1 fully saturated rings. The maximum Gasteiger partial charge on any atom is 0.142 e. The number of aliphatic hydroxyl groups is 1. The highest BCUT2D eigenvalue weighted by molar-refractivity contribution is 5.61. The fourth-order valence-corrected chi connectivity index (χ4v) is 5.56. The Kier molecular flexibility index (Phi) is 11.2. The molecular formula is C33H40F2N2O6. The van der Waals surface area contributed by atoms with Gasteiger partial charge in [-0.25, -0.2) is 8.78 Å². The van der Waals surface area contributed by atoms with E-state index in [4.69, 9.17) is 23.7 Å². The zero-order chi connectivity index (χ0) is 30.0. The van der Waals surface area contributed by atoms with Gasteiger partial charge in [0, 0.05) is 44.8 Å². The molecule has 2 aliphatic heterocycles. The van der Waals surface area contributed by atoms with Crippen molar-refractivity contribution in [2.75, 3.05) is 64.6 Å². The van der Waals surface area contributed by atoms with Gasteiger partial charge >= 0.3 is 0 Å². The monoisotopic (exact) mass is 598 g/mol. The molecule has 8 nitrogen and oxygen atoms in total. The number of halogens is 2. The molecule has 1 saturated heterocycles. The van der Waals surface area contributed by atoms with Crippen molar-refractivity contribution in [2.24, 2.45) is 0 Å². The fourth-order valence-electron chi connectivity index (χ4n) is 5.56. The smallest absolute Gasteiger partial charge is 0.142 e. The van der Waals surface area contributed by atoms with Gasteiger partial charge in [0.25, 0.3) is 0 Å². The number of methoxy groups -OCH3 is 1.